The van der Waals surface area contributed by atoms with Gasteiger partial charge in [0, 0.05) is 11.4 Å². The Labute approximate surface area is 139 Å². The second kappa shape index (κ2) is 6.95. The fraction of sp³-hybridized carbons (Fsp3) is 0.133. The molecule has 110 valence electrons. The van der Waals surface area contributed by atoms with Crippen molar-refractivity contribution in [2.75, 3.05) is 17.7 Å². The third-order valence-electron chi connectivity index (χ3n) is 2.79. The van der Waals surface area contributed by atoms with Gasteiger partial charge in [-0.25, -0.2) is 0 Å². The zero-order chi connectivity index (χ0) is 15.4. The molecule has 0 aliphatic rings. The minimum absolute atomic E-state index is 0.0878. The lowest BCUT2D eigenvalue weighted by molar-refractivity contribution is -0.118. The number of hydrogen-bond acceptors (Lipinski definition) is 3. The zero-order valence-corrected chi connectivity index (χ0v) is 14.5. The van der Waals surface area contributed by atoms with E-state index in [1.807, 2.05) is 31.2 Å². The molecule has 4 nitrogen and oxygen atoms in total. The first-order valence-corrected chi connectivity index (χ1v) is 7.79. The van der Waals surface area contributed by atoms with E-state index in [2.05, 4.69) is 37.2 Å². The van der Waals surface area contributed by atoms with Crippen molar-refractivity contribution in [1.29, 1.82) is 0 Å². The Bertz CT molecular complexity index is 651. The van der Waals surface area contributed by atoms with Crippen molar-refractivity contribution in [3.63, 3.8) is 0 Å². The standard InChI is InChI=1S/C15H14Br2N2O2/c1-9-4-2-3-5-13(9)19-14(20)8-21-15-11(16)6-10(18)7-12(15)17/h2-7H,8,18H2,1H3,(H,19,20). The lowest BCUT2D eigenvalue weighted by Crippen LogP contribution is -2.20. The average molecular weight is 414 g/mol. The highest BCUT2D eigenvalue weighted by Gasteiger charge is 2.11. The van der Waals surface area contributed by atoms with Gasteiger partial charge in [0.05, 0.1) is 8.95 Å². The molecule has 0 heterocycles. The second-order valence-corrected chi connectivity index (χ2v) is 6.17. The van der Waals surface area contributed by atoms with Crippen LogP contribution in [0.2, 0.25) is 0 Å². The highest BCUT2D eigenvalue weighted by Crippen LogP contribution is 2.35. The van der Waals surface area contributed by atoms with Crippen LogP contribution >= 0.6 is 31.9 Å². The highest BCUT2D eigenvalue weighted by molar-refractivity contribution is 9.11. The van der Waals surface area contributed by atoms with Crippen molar-refractivity contribution in [3.8, 4) is 5.75 Å². The van der Waals surface area contributed by atoms with Crippen LogP contribution in [0.5, 0.6) is 5.75 Å². The van der Waals surface area contributed by atoms with Gasteiger partial charge in [-0.3, -0.25) is 4.79 Å². The number of aryl methyl sites for hydroxylation is 1. The molecular weight excluding hydrogens is 400 g/mol. The lowest BCUT2D eigenvalue weighted by atomic mass is 10.2. The molecule has 6 heteroatoms. The summed E-state index contributed by atoms with van der Waals surface area (Å²) in [5.74, 6) is 0.323. The number of para-hydroxylation sites is 1. The van der Waals surface area contributed by atoms with E-state index in [0.717, 1.165) is 11.3 Å². The summed E-state index contributed by atoms with van der Waals surface area (Å²) in [6.07, 6.45) is 0. The van der Waals surface area contributed by atoms with Gasteiger partial charge in [-0.05, 0) is 62.5 Å². The van der Waals surface area contributed by atoms with Crippen molar-refractivity contribution in [2.24, 2.45) is 0 Å². The number of carbonyl (C=O) groups excluding carboxylic acids is 1. The maximum Gasteiger partial charge on any atom is 0.262 e. The van der Waals surface area contributed by atoms with Crippen LogP contribution in [0.25, 0.3) is 0 Å². The molecule has 0 saturated heterocycles. The van der Waals surface area contributed by atoms with Crippen LogP contribution in [0, 0.1) is 6.92 Å². The first-order valence-electron chi connectivity index (χ1n) is 6.20. The molecule has 2 aromatic carbocycles. The zero-order valence-electron chi connectivity index (χ0n) is 11.3. The first kappa shape index (κ1) is 15.9. The molecule has 0 aliphatic carbocycles. The Kier molecular flexibility index (Phi) is 5.25. The quantitative estimate of drug-likeness (QED) is 0.741. The number of rotatable bonds is 4. The molecule has 0 atom stereocenters. The summed E-state index contributed by atoms with van der Waals surface area (Å²) in [7, 11) is 0. The number of nitrogens with two attached hydrogens (primary N) is 1. The van der Waals surface area contributed by atoms with Crippen LogP contribution in [0.3, 0.4) is 0 Å². The number of nitrogens with one attached hydrogen (secondary N) is 1. The molecule has 0 radical (unpaired) electrons. The molecule has 0 unspecified atom stereocenters. The fourth-order valence-electron chi connectivity index (χ4n) is 1.75. The number of nitrogen functional groups attached to an aromatic ring is 1. The van der Waals surface area contributed by atoms with Crippen LogP contribution in [0.1, 0.15) is 5.56 Å². The molecule has 0 bridgehead atoms. The normalized spacial score (nSPS) is 10.2. The van der Waals surface area contributed by atoms with Crippen LogP contribution < -0.4 is 15.8 Å². The van der Waals surface area contributed by atoms with Gasteiger partial charge in [-0.2, -0.15) is 0 Å². The Morgan fingerprint density at radius 2 is 1.86 bits per heavy atom. The van der Waals surface area contributed by atoms with Crippen molar-refractivity contribution in [3.05, 3.63) is 50.9 Å². The predicted octanol–water partition coefficient (Wildman–Crippen LogP) is 4.12. The van der Waals surface area contributed by atoms with Crippen molar-refractivity contribution >= 4 is 49.1 Å². The average Bonchev–Trinajstić information content (AvgIpc) is 2.40. The van der Waals surface area contributed by atoms with Crippen LogP contribution in [0.4, 0.5) is 11.4 Å². The van der Waals surface area contributed by atoms with E-state index < -0.39 is 0 Å². The highest BCUT2D eigenvalue weighted by atomic mass is 79.9. The van der Waals surface area contributed by atoms with Crippen molar-refractivity contribution in [2.45, 2.75) is 6.92 Å². The molecule has 1 amide bonds. The smallest absolute Gasteiger partial charge is 0.262 e. The summed E-state index contributed by atoms with van der Waals surface area (Å²) in [6.45, 7) is 1.85. The fourth-order valence-corrected chi connectivity index (χ4v) is 3.21. The van der Waals surface area contributed by atoms with Crippen LogP contribution in [0.15, 0.2) is 45.3 Å². The maximum absolute atomic E-state index is 11.9. The number of benzene rings is 2. The summed E-state index contributed by atoms with van der Waals surface area (Å²) in [5.41, 5.74) is 8.09. The Morgan fingerprint density at radius 1 is 1.24 bits per heavy atom. The minimum atomic E-state index is -0.222. The SMILES string of the molecule is Cc1ccccc1NC(=O)COc1c(Br)cc(N)cc1Br. The van der Waals surface area contributed by atoms with Gasteiger partial charge in [-0.15, -0.1) is 0 Å². The molecule has 0 spiro atoms. The maximum atomic E-state index is 11.9. The molecule has 2 aromatic rings. The Morgan fingerprint density at radius 3 is 2.48 bits per heavy atom. The summed E-state index contributed by atoms with van der Waals surface area (Å²) >= 11 is 6.72. The monoisotopic (exact) mass is 412 g/mol. The largest absolute Gasteiger partial charge is 0.481 e. The summed E-state index contributed by atoms with van der Waals surface area (Å²) in [6, 6.07) is 11.0. The van der Waals surface area contributed by atoms with Gasteiger partial charge in [-0.1, -0.05) is 18.2 Å². The third kappa shape index (κ3) is 4.22. The van der Waals surface area contributed by atoms with Gasteiger partial charge in [0.15, 0.2) is 6.61 Å². The van der Waals surface area contributed by atoms with Gasteiger partial charge in [0.2, 0.25) is 0 Å². The van der Waals surface area contributed by atoms with Gasteiger partial charge < -0.3 is 15.8 Å². The number of amides is 1. The number of hydrogen-bond donors (Lipinski definition) is 2. The summed E-state index contributed by atoms with van der Waals surface area (Å²) in [5, 5.41) is 2.81. The van der Waals surface area contributed by atoms with Gasteiger partial charge >= 0.3 is 0 Å². The number of halogens is 2. The number of ether oxygens (including phenoxy) is 1. The predicted molar refractivity (Wildman–Crippen MR) is 91.6 cm³/mol. The van der Waals surface area contributed by atoms with Crippen LogP contribution in [-0.2, 0) is 4.79 Å². The number of carbonyl (C=O) groups is 1. The molecule has 0 fully saturated rings. The summed E-state index contributed by atoms with van der Waals surface area (Å²) in [4.78, 5) is 11.9. The van der Waals surface area contributed by atoms with Crippen molar-refractivity contribution < 1.29 is 9.53 Å². The van der Waals surface area contributed by atoms with Crippen LogP contribution in [-0.4, -0.2) is 12.5 Å². The van der Waals surface area contributed by atoms with E-state index in [1.165, 1.54) is 0 Å². The van der Waals surface area contributed by atoms with E-state index in [4.69, 9.17) is 10.5 Å². The lowest BCUT2D eigenvalue weighted by Gasteiger charge is -2.12. The Hall–Kier alpha value is -1.53. The molecule has 21 heavy (non-hydrogen) atoms. The van der Waals surface area contributed by atoms with E-state index >= 15 is 0 Å². The van der Waals surface area contributed by atoms with Crippen molar-refractivity contribution in [1.82, 2.24) is 0 Å². The molecule has 0 aliphatic heterocycles. The molecule has 0 aromatic heterocycles. The second-order valence-electron chi connectivity index (χ2n) is 4.47. The first-order chi connectivity index (χ1) is 9.97. The van der Waals surface area contributed by atoms with E-state index in [-0.39, 0.29) is 12.5 Å². The summed E-state index contributed by atoms with van der Waals surface area (Å²) < 4.78 is 6.92. The minimum Gasteiger partial charge on any atom is -0.481 e. The topological polar surface area (TPSA) is 64.3 Å². The molecule has 2 rings (SSSR count). The van der Waals surface area contributed by atoms with E-state index in [9.17, 15) is 4.79 Å². The Balaban J connectivity index is 2.01. The van der Waals surface area contributed by atoms with Gasteiger partial charge in [0.25, 0.3) is 5.91 Å². The van der Waals surface area contributed by atoms with Gasteiger partial charge in [0.1, 0.15) is 5.75 Å². The molecule has 0 saturated carbocycles. The van der Waals surface area contributed by atoms with E-state index in [0.29, 0.717) is 20.4 Å². The third-order valence-corrected chi connectivity index (χ3v) is 3.97. The van der Waals surface area contributed by atoms with E-state index in [1.54, 1.807) is 12.1 Å². The number of anilines is 2. The molecular formula is C15H14Br2N2O2. The molecule has 3 N–H and O–H groups in total.